The molecule has 2 aliphatic heterocycles. The zero-order valence-corrected chi connectivity index (χ0v) is 21.2. The maximum Gasteiger partial charge on any atom is 0.410 e. The van der Waals surface area contributed by atoms with E-state index in [1.165, 1.54) is 6.33 Å². The molecule has 0 aliphatic carbocycles. The molecule has 1 unspecified atom stereocenters. The summed E-state index contributed by atoms with van der Waals surface area (Å²) in [7, 11) is 0.560. The molecule has 1 fully saturated rings. The summed E-state index contributed by atoms with van der Waals surface area (Å²) in [6.45, 7) is 7.43. The number of hydrogen-bond acceptors (Lipinski definition) is 8. The van der Waals surface area contributed by atoms with Gasteiger partial charge in [0.15, 0.2) is 5.82 Å². The summed E-state index contributed by atoms with van der Waals surface area (Å²) in [5.74, 6) is 1.51. The summed E-state index contributed by atoms with van der Waals surface area (Å²) >= 11 is 0. The third-order valence-corrected chi connectivity index (χ3v) is 6.78. The van der Waals surface area contributed by atoms with Crippen molar-refractivity contribution >= 4 is 28.4 Å². The van der Waals surface area contributed by atoms with Crippen molar-refractivity contribution in [2.45, 2.75) is 56.6 Å². The number of nitrogens with zero attached hydrogens (tertiary/aromatic N) is 4. The van der Waals surface area contributed by atoms with Crippen LogP contribution >= 0.6 is 0 Å². The van der Waals surface area contributed by atoms with E-state index in [2.05, 4.69) is 14.9 Å². The van der Waals surface area contributed by atoms with E-state index >= 15 is 0 Å². The predicted octanol–water partition coefficient (Wildman–Crippen LogP) is 3.70. The molecule has 184 valence electrons. The second-order valence-corrected chi connectivity index (χ2v) is 10.8. The molecule has 0 bridgehead atoms. The van der Waals surface area contributed by atoms with Crippen LogP contribution in [0.15, 0.2) is 29.4 Å². The van der Waals surface area contributed by atoms with Gasteiger partial charge in [0.2, 0.25) is 5.75 Å². The monoisotopic (exact) mass is 488 g/mol. The summed E-state index contributed by atoms with van der Waals surface area (Å²) in [6, 6.07) is 5.86. The first-order chi connectivity index (χ1) is 16.2. The van der Waals surface area contributed by atoms with Crippen molar-refractivity contribution < 1.29 is 23.2 Å². The Kier molecular flexibility index (Phi) is 6.97. The summed E-state index contributed by atoms with van der Waals surface area (Å²) in [5, 5.41) is 0. The van der Waals surface area contributed by atoms with E-state index < -0.39 is 16.4 Å². The van der Waals surface area contributed by atoms with Crippen molar-refractivity contribution in [3.63, 3.8) is 0 Å². The number of ether oxygens (including phenoxy) is 3. The SMILES string of the molecule is COc1c(OC2CCN(C(=O)OC(C)(C)C)CC2)ncnc1N1CCc2cc(S(C)=O)ccc21. The van der Waals surface area contributed by atoms with E-state index in [0.29, 0.717) is 43.4 Å². The number of carbonyl (C=O) groups excluding carboxylic acids is 1. The molecule has 1 aromatic carbocycles. The molecule has 1 aromatic heterocycles. The molecule has 4 rings (SSSR count). The van der Waals surface area contributed by atoms with Gasteiger partial charge in [-0.15, -0.1) is 0 Å². The number of amides is 1. The van der Waals surface area contributed by atoms with Crippen LogP contribution in [0.2, 0.25) is 0 Å². The normalized spacial score (nSPS) is 17.3. The lowest BCUT2D eigenvalue weighted by Gasteiger charge is -2.33. The molecule has 10 heteroatoms. The lowest BCUT2D eigenvalue weighted by atomic mass is 10.1. The van der Waals surface area contributed by atoms with Gasteiger partial charge in [0, 0.05) is 60.1 Å². The number of rotatable bonds is 5. The molecule has 0 N–H and O–H groups in total. The fraction of sp³-hybridized carbons (Fsp3) is 0.542. The fourth-order valence-corrected chi connectivity index (χ4v) is 4.79. The summed E-state index contributed by atoms with van der Waals surface area (Å²) in [6.07, 6.45) is 4.95. The van der Waals surface area contributed by atoms with Crippen LogP contribution in [0.3, 0.4) is 0 Å². The van der Waals surface area contributed by atoms with Crippen molar-refractivity contribution in [2.75, 3.05) is 37.9 Å². The van der Waals surface area contributed by atoms with Crippen LogP contribution in [0.25, 0.3) is 0 Å². The zero-order valence-electron chi connectivity index (χ0n) is 20.4. The van der Waals surface area contributed by atoms with Crippen molar-refractivity contribution in [2.24, 2.45) is 0 Å². The highest BCUT2D eigenvalue weighted by atomic mass is 32.2. The van der Waals surface area contributed by atoms with Gasteiger partial charge in [-0.05, 0) is 51.0 Å². The summed E-state index contributed by atoms with van der Waals surface area (Å²) in [5.41, 5.74) is 1.63. The lowest BCUT2D eigenvalue weighted by molar-refractivity contribution is 0.0120. The molecular weight excluding hydrogens is 456 g/mol. The molecule has 1 atom stereocenters. The van der Waals surface area contributed by atoms with Crippen molar-refractivity contribution in [1.29, 1.82) is 0 Å². The number of methoxy groups -OCH3 is 1. The minimum absolute atomic E-state index is 0.0942. The topological polar surface area (TPSA) is 94.1 Å². The highest BCUT2D eigenvalue weighted by Gasteiger charge is 2.31. The van der Waals surface area contributed by atoms with Gasteiger partial charge in [-0.3, -0.25) is 4.21 Å². The Bertz CT molecular complexity index is 1080. The van der Waals surface area contributed by atoms with E-state index in [1.807, 2.05) is 39.0 Å². The Balaban J connectivity index is 1.47. The fourth-order valence-electron chi connectivity index (χ4n) is 4.22. The van der Waals surface area contributed by atoms with Crippen LogP contribution in [-0.4, -0.2) is 69.9 Å². The minimum atomic E-state index is -1.02. The number of carbonyl (C=O) groups is 1. The Morgan fingerprint density at radius 3 is 2.53 bits per heavy atom. The van der Waals surface area contributed by atoms with Crippen molar-refractivity contribution in [1.82, 2.24) is 14.9 Å². The second-order valence-electron chi connectivity index (χ2n) is 9.47. The van der Waals surface area contributed by atoms with Gasteiger partial charge in [-0.25, -0.2) is 9.78 Å². The molecule has 0 saturated carbocycles. The average Bonchev–Trinajstić information content (AvgIpc) is 3.21. The van der Waals surface area contributed by atoms with Gasteiger partial charge in [-0.2, -0.15) is 4.98 Å². The third-order valence-electron chi connectivity index (χ3n) is 5.86. The van der Waals surface area contributed by atoms with Crippen LogP contribution in [0.4, 0.5) is 16.3 Å². The van der Waals surface area contributed by atoms with Gasteiger partial charge in [-0.1, -0.05) is 0 Å². The molecule has 1 saturated heterocycles. The Labute approximate surface area is 202 Å². The minimum Gasteiger partial charge on any atom is -0.489 e. The second kappa shape index (κ2) is 9.77. The Morgan fingerprint density at radius 1 is 1.15 bits per heavy atom. The first-order valence-electron chi connectivity index (χ1n) is 11.4. The highest BCUT2D eigenvalue weighted by molar-refractivity contribution is 7.84. The molecule has 34 heavy (non-hydrogen) atoms. The largest absolute Gasteiger partial charge is 0.489 e. The Hall–Kier alpha value is -2.88. The van der Waals surface area contributed by atoms with Gasteiger partial charge in [0.05, 0.1) is 7.11 Å². The van der Waals surface area contributed by atoms with E-state index in [1.54, 1.807) is 18.3 Å². The molecule has 3 heterocycles. The molecule has 9 nitrogen and oxygen atoms in total. The lowest BCUT2D eigenvalue weighted by Crippen LogP contribution is -2.44. The smallest absolute Gasteiger partial charge is 0.410 e. The number of benzene rings is 1. The maximum atomic E-state index is 12.3. The van der Waals surface area contributed by atoms with E-state index in [9.17, 15) is 9.00 Å². The third kappa shape index (κ3) is 5.27. The van der Waals surface area contributed by atoms with Gasteiger partial charge in [0.1, 0.15) is 18.0 Å². The number of piperidine rings is 1. The number of hydrogen-bond donors (Lipinski definition) is 0. The summed E-state index contributed by atoms with van der Waals surface area (Å²) in [4.78, 5) is 25.8. The molecule has 0 radical (unpaired) electrons. The van der Waals surface area contributed by atoms with Crippen LogP contribution in [0.1, 0.15) is 39.2 Å². The van der Waals surface area contributed by atoms with Crippen LogP contribution in [0.5, 0.6) is 11.6 Å². The van der Waals surface area contributed by atoms with E-state index in [0.717, 1.165) is 29.1 Å². The standard InChI is InChI=1S/C24H32N4O5S/c1-24(2,3)33-23(29)27-11-9-17(10-12-27)32-22-20(31-4)21(25-15-26-22)28-13-8-16-14-18(34(5)30)6-7-19(16)28/h6-7,14-15,17H,8-13H2,1-5H3. The van der Waals surface area contributed by atoms with Crippen LogP contribution in [0, 0.1) is 0 Å². The average molecular weight is 489 g/mol. The Morgan fingerprint density at radius 2 is 1.88 bits per heavy atom. The first-order valence-corrected chi connectivity index (χ1v) is 13.0. The molecule has 1 amide bonds. The quantitative estimate of drug-likeness (QED) is 0.629. The number of aromatic nitrogens is 2. The number of anilines is 2. The maximum absolute atomic E-state index is 12.3. The predicted molar refractivity (Wildman–Crippen MR) is 130 cm³/mol. The summed E-state index contributed by atoms with van der Waals surface area (Å²) < 4.78 is 29.3. The van der Waals surface area contributed by atoms with Gasteiger partial charge >= 0.3 is 6.09 Å². The number of likely N-dealkylation sites (tertiary alicyclic amines) is 1. The molecule has 2 aliphatic rings. The van der Waals surface area contributed by atoms with Crippen LogP contribution in [-0.2, 0) is 22.0 Å². The van der Waals surface area contributed by atoms with E-state index in [4.69, 9.17) is 14.2 Å². The van der Waals surface area contributed by atoms with Crippen molar-refractivity contribution in [3.05, 3.63) is 30.1 Å². The highest BCUT2D eigenvalue weighted by Crippen LogP contribution is 2.42. The molecule has 0 spiro atoms. The zero-order chi connectivity index (χ0) is 24.5. The van der Waals surface area contributed by atoms with E-state index in [-0.39, 0.29) is 12.2 Å². The molecular formula is C24H32N4O5S. The van der Waals surface area contributed by atoms with Crippen molar-refractivity contribution in [3.8, 4) is 11.6 Å². The van der Waals surface area contributed by atoms with Gasteiger partial charge in [0.25, 0.3) is 5.88 Å². The molecule has 2 aromatic rings. The first kappa shape index (κ1) is 24.3. The van der Waals surface area contributed by atoms with Gasteiger partial charge < -0.3 is 24.0 Å². The number of fused-ring (bicyclic) bond motifs is 1. The van der Waals surface area contributed by atoms with Crippen LogP contribution < -0.4 is 14.4 Å².